The van der Waals surface area contributed by atoms with Crippen LogP contribution in [-0.2, 0) is 24.2 Å². The smallest absolute Gasteiger partial charge is 0.344 e. The van der Waals surface area contributed by atoms with Crippen LogP contribution in [0.5, 0.6) is 5.75 Å². The topological polar surface area (TPSA) is 98.8 Å². The highest BCUT2D eigenvalue weighted by Gasteiger charge is 2.30. The van der Waals surface area contributed by atoms with Gasteiger partial charge in [0.2, 0.25) is 0 Å². The summed E-state index contributed by atoms with van der Waals surface area (Å²) >= 11 is 0. The standard InChI is InChI=1S/C15H18FNO6S/c1-10(15(19)17-12-6-7-24(20,21)9-12)23-14(18)8-22-13-4-2-11(16)3-5-13/h2-5,10,12H,6-9H2,1H3,(H,17,19)/t10-,12+/m0/s1. The van der Waals surface area contributed by atoms with E-state index in [1.165, 1.54) is 31.2 Å². The normalized spacial score (nSPS) is 20.2. The molecule has 132 valence electrons. The molecule has 24 heavy (non-hydrogen) atoms. The van der Waals surface area contributed by atoms with Crippen molar-refractivity contribution < 1.29 is 31.9 Å². The summed E-state index contributed by atoms with van der Waals surface area (Å²) in [5.74, 6) is -1.52. The summed E-state index contributed by atoms with van der Waals surface area (Å²) in [6, 6.07) is 4.64. The molecule has 0 saturated carbocycles. The molecule has 0 unspecified atom stereocenters. The van der Waals surface area contributed by atoms with Crippen LogP contribution in [0.25, 0.3) is 0 Å². The Labute approximate surface area is 139 Å². The predicted octanol–water partition coefficient (Wildman–Crippen LogP) is 0.440. The lowest BCUT2D eigenvalue weighted by molar-refractivity contribution is -0.156. The van der Waals surface area contributed by atoms with Crippen LogP contribution in [-0.4, -0.2) is 50.6 Å². The van der Waals surface area contributed by atoms with E-state index in [2.05, 4.69) is 5.32 Å². The van der Waals surface area contributed by atoms with Gasteiger partial charge in [0.1, 0.15) is 11.6 Å². The number of hydrogen-bond donors (Lipinski definition) is 1. The van der Waals surface area contributed by atoms with Gasteiger partial charge in [0.15, 0.2) is 22.5 Å². The van der Waals surface area contributed by atoms with Gasteiger partial charge in [-0.2, -0.15) is 0 Å². The number of carbonyl (C=O) groups is 2. The van der Waals surface area contributed by atoms with E-state index in [-0.39, 0.29) is 11.5 Å². The molecular weight excluding hydrogens is 341 g/mol. The molecule has 0 aromatic heterocycles. The molecule has 7 nitrogen and oxygen atoms in total. The first kappa shape index (κ1) is 18.2. The average molecular weight is 359 g/mol. The minimum absolute atomic E-state index is 0.0393. The van der Waals surface area contributed by atoms with Crippen LogP contribution < -0.4 is 10.1 Å². The zero-order valence-electron chi connectivity index (χ0n) is 13.0. The number of halogens is 1. The van der Waals surface area contributed by atoms with Gasteiger partial charge in [-0.3, -0.25) is 4.79 Å². The van der Waals surface area contributed by atoms with E-state index in [1.807, 2.05) is 0 Å². The van der Waals surface area contributed by atoms with Gasteiger partial charge >= 0.3 is 5.97 Å². The number of benzene rings is 1. The van der Waals surface area contributed by atoms with E-state index in [0.29, 0.717) is 12.2 Å². The summed E-state index contributed by atoms with van der Waals surface area (Å²) < 4.78 is 45.4. The number of ether oxygens (including phenoxy) is 2. The molecule has 1 aromatic rings. The van der Waals surface area contributed by atoms with Gasteiger partial charge in [0.25, 0.3) is 5.91 Å². The van der Waals surface area contributed by atoms with Gasteiger partial charge in [-0.15, -0.1) is 0 Å². The minimum atomic E-state index is -3.10. The highest BCUT2D eigenvalue weighted by molar-refractivity contribution is 7.91. The maximum Gasteiger partial charge on any atom is 0.344 e. The monoisotopic (exact) mass is 359 g/mol. The van der Waals surface area contributed by atoms with Crippen LogP contribution in [0, 0.1) is 5.82 Å². The molecule has 1 amide bonds. The molecule has 0 aliphatic carbocycles. The second kappa shape index (κ2) is 7.61. The van der Waals surface area contributed by atoms with Gasteiger partial charge < -0.3 is 14.8 Å². The van der Waals surface area contributed by atoms with Crippen molar-refractivity contribution in [2.45, 2.75) is 25.5 Å². The van der Waals surface area contributed by atoms with E-state index in [9.17, 15) is 22.4 Å². The van der Waals surface area contributed by atoms with E-state index in [4.69, 9.17) is 9.47 Å². The summed E-state index contributed by atoms with van der Waals surface area (Å²) in [7, 11) is -3.10. The van der Waals surface area contributed by atoms with E-state index >= 15 is 0 Å². The summed E-state index contributed by atoms with van der Waals surface area (Å²) in [5.41, 5.74) is 0. The molecule has 1 N–H and O–H groups in total. The maximum atomic E-state index is 12.7. The first-order valence-electron chi connectivity index (χ1n) is 7.34. The van der Waals surface area contributed by atoms with E-state index in [0.717, 1.165) is 0 Å². The van der Waals surface area contributed by atoms with E-state index < -0.39 is 46.3 Å². The fourth-order valence-corrected chi connectivity index (χ4v) is 3.86. The number of nitrogens with one attached hydrogen (secondary N) is 1. The summed E-state index contributed by atoms with van der Waals surface area (Å²) in [4.78, 5) is 23.5. The molecule has 1 aromatic carbocycles. The van der Waals surface area contributed by atoms with Crippen molar-refractivity contribution in [2.75, 3.05) is 18.1 Å². The van der Waals surface area contributed by atoms with Gasteiger partial charge in [0.05, 0.1) is 11.5 Å². The molecule has 1 aliphatic heterocycles. The molecule has 0 bridgehead atoms. The average Bonchev–Trinajstić information content (AvgIpc) is 2.85. The number of sulfone groups is 1. The number of carbonyl (C=O) groups excluding carboxylic acids is 2. The predicted molar refractivity (Wildman–Crippen MR) is 82.7 cm³/mol. The number of hydrogen-bond acceptors (Lipinski definition) is 6. The third-order valence-corrected chi connectivity index (χ3v) is 5.19. The second-order valence-corrected chi connectivity index (χ2v) is 7.71. The maximum absolute atomic E-state index is 12.7. The number of esters is 1. The molecule has 2 rings (SSSR count). The Bertz CT molecular complexity index is 703. The highest BCUT2D eigenvalue weighted by Crippen LogP contribution is 2.12. The van der Waals surface area contributed by atoms with Gasteiger partial charge in [-0.1, -0.05) is 0 Å². The molecule has 1 saturated heterocycles. The van der Waals surface area contributed by atoms with Crippen LogP contribution in [0.1, 0.15) is 13.3 Å². The Morgan fingerprint density at radius 1 is 1.33 bits per heavy atom. The molecule has 1 heterocycles. The van der Waals surface area contributed by atoms with Crippen LogP contribution in [0.3, 0.4) is 0 Å². The zero-order valence-corrected chi connectivity index (χ0v) is 13.8. The van der Waals surface area contributed by atoms with Crippen molar-refractivity contribution in [3.63, 3.8) is 0 Å². The third-order valence-electron chi connectivity index (χ3n) is 3.43. The van der Waals surface area contributed by atoms with Crippen molar-refractivity contribution in [3.05, 3.63) is 30.1 Å². The quantitative estimate of drug-likeness (QED) is 0.740. The summed E-state index contributed by atoms with van der Waals surface area (Å²) in [6.07, 6.45) is -0.722. The molecule has 1 fully saturated rings. The lowest BCUT2D eigenvalue weighted by Crippen LogP contribution is -2.43. The Hall–Kier alpha value is -2.16. The highest BCUT2D eigenvalue weighted by atomic mass is 32.2. The summed E-state index contributed by atoms with van der Waals surface area (Å²) in [6.45, 7) is 0.954. The Kier molecular flexibility index (Phi) is 5.76. The van der Waals surface area contributed by atoms with Crippen molar-refractivity contribution in [1.29, 1.82) is 0 Å². The van der Waals surface area contributed by atoms with Gasteiger partial charge in [0, 0.05) is 6.04 Å². The van der Waals surface area contributed by atoms with Gasteiger partial charge in [-0.05, 0) is 37.6 Å². The SMILES string of the molecule is C[C@H](OC(=O)COc1ccc(F)cc1)C(=O)N[C@@H]1CCS(=O)(=O)C1. The molecule has 0 radical (unpaired) electrons. The Morgan fingerprint density at radius 3 is 2.58 bits per heavy atom. The molecule has 0 spiro atoms. The largest absolute Gasteiger partial charge is 0.482 e. The third kappa shape index (κ3) is 5.48. The number of amides is 1. The lowest BCUT2D eigenvalue weighted by Gasteiger charge is -2.16. The van der Waals surface area contributed by atoms with Gasteiger partial charge in [-0.25, -0.2) is 17.6 Å². The van der Waals surface area contributed by atoms with Crippen molar-refractivity contribution in [3.8, 4) is 5.75 Å². The van der Waals surface area contributed by atoms with Crippen molar-refractivity contribution in [2.24, 2.45) is 0 Å². The first-order valence-corrected chi connectivity index (χ1v) is 9.16. The fraction of sp³-hybridized carbons (Fsp3) is 0.467. The summed E-state index contributed by atoms with van der Waals surface area (Å²) in [5, 5.41) is 2.54. The van der Waals surface area contributed by atoms with E-state index in [1.54, 1.807) is 0 Å². The zero-order chi connectivity index (χ0) is 17.7. The Morgan fingerprint density at radius 2 is 2.00 bits per heavy atom. The fourth-order valence-electron chi connectivity index (χ4n) is 2.19. The van der Waals surface area contributed by atoms with Crippen molar-refractivity contribution in [1.82, 2.24) is 5.32 Å². The molecule has 9 heteroatoms. The minimum Gasteiger partial charge on any atom is -0.482 e. The lowest BCUT2D eigenvalue weighted by atomic mass is 10.2. The second-order valence-electron chi connectivity index (χ2n) is 5.48. The van der Waals surface area contributed by atoms with Crippen LogP contribution in [0.2, 0.25) is 0 Å². The van der Waals surface area contributed by atoms with Crippen LogP contribution >= 0.6 is 0 Å². The number of rotatable bonds is 6. The van der Waals surface area contributed by atoms with Crippen molar-refractivity contribution >= 4 is 21.7 Å². The first-order chi connectivity index (χ1) is 11.2. The molecular formula is C15H18FNO6S. The Balaban J connectivity index is 1.74. The van der Waals surface area contributed by atoms with Crippen LogP contribution in [0.15, 0.2) is 24.3 Å². The van der Waals surface area contributed by atoms with Crippen LogP contribution in [0.4, 0.5) is 4.39 Å². The molecule has 1 aliphatic rings. The molecule has 2 atom stereocenters.